The summed E-state index contributed by atoms with van der Waals surface area (Å²) in [6.45, 7) is 1.10. The topological polar surface area (TPSA) is 84.2 Å². The number of hydrogen-bond donors (Lipinski definition) is 3. The number of hydrogen-bond acceptors (Lipinski definition) is 3. The van der Waals surface area contributed by atoms with Crippen LogP contribution in [-0.2, 0) is 9.59 Å². The van der Waals surface area contributed by atoms with Gasteiger partial charge in [0.2, 0.25) is 11.8 Å². The second kappa shape index (κ2) is 7.05. The number of primary amides is 1. The van der Waals surface area contributed by atoms with Crippen molar-refractivity contribution in [1.29, 1.82) is 0 Å². The van der Waals surface area contributed by atoms with E-state index in [0.717, 1.165) is 6.42 Å². The van der Waals surface area contributed by atoms with E-state index < -0.39 is 0 Å². The van der Waals surface area contributed by atoms with Crippen LogP contribution >= 0.6 is 0 Å². The Morgan fingerprint density at radius 1 is 1.15 bits per heavy atom. The minimum atomic E-state index is -0.328. The molecule has 5 heteroatoms. The SMILES string of the molecule is NC(=O)CCNCCC(=O)N[C@H]1C[C@@H]1c1ccccc1. The van der Waals surface area contributed by atoms with Gasteiger partial charge in [0.15, 0.2) is 0 Å². The second-order valence-corrected chi connectivity index (χ2v) is 5.14. The fraction of sp³-hybridized carbons (Fsp3) is 0.467. The van der Waals surface area contributed by atoms with Gasteiger partial charge in [0.25, 0.3) is 0 Å². The third kappa shape index (κ3) is 4.66. The summed E-state index contributed by atoms with van der Waals surface area (Å²) >= 11 is 0. The monoisotopic (exact) mass is 275 g/mol. The smallest absolute Gasteiger partial charge is 0.221 e. The van der Waals surface area contributed by atoms with E-state index in [1.165, 1.54) is 5.56 Å². The lowest BCUT2D eigenvalue weighted by molar-refractivity contribution is -0.121. The molecule has 0 aromatic heterocycles. The molecule has 1 aromatic carbocycles. The molecule has 108 valence electrons. The van der Waals surface area contributed by atoms with Crippen molar-refractivity contribution in [2.24, 2.45) is 5.73 Å². The van der Waals surface area contributed by atoms with E-state index in [9.17, 15) is 9.59 Å². The summed E-state index contributed by atoms with van der Waals surface area (Å²) in [6.07, 6.45) is 1.75. The molecule has 0 bridgehead atoms. The second-order valence-electron chi connectivity index (χ2n) is 5.14. The molecule has 5 nitrogen and oxygen atoms in total. The van der Waals surface area contributed by atoms with E-state index in [1.54, 1.807) is 0 Å². The summed E-state index contributed by atoms with van der Waals surface area (Å²) in [5.41, 5.74) is 6.31. The molecule has 2 amide bonds. The van der Waals surface area contributed by atoms with Crippen molar-refractivity contribution >= 4 is 11.8 Å². The molecule has 4 N–H and O–H groups in total. The van der Waals surface area contributed by atoms with Crippen molar-refractivity contribution in [1.82, 2.24) is 10.6 Å². The van der Waals surface area contributed by atoms with Crippen LogP contribution in [0, 0.1) is 0 Å². The van der Waals surface area contributed by atoms with Crippen LogP contribution in [0.15, 0.2) is 30.3 Å². The molecular weight excluding hydrogens is 254 g/mol. The van der Waals surface area contributed by atoms with Crippen LogP contribution in [0.25, 0.3) is 0 Å². The standard InChI is InChI=1S/C15H21N3O2/c16-14(19)6-8-17-9-7-15(20)18-13-10-12(13)11-4-2-1-3-5-11/h1-5,12-13,17H,6-10H2,(H2,16,19)(H,18,20)/t12-,13+/m1/s1. The Labute approximate surface area is 118 Å². The van der Waals surface area contributed by atoms with Gasteiger partial charge < -0.3 is 16.4 Å². The summed E-state index contributed by atoms with van der Waals surface area (Å²) in [5, 5.41) is 6.05. The van der Waals surface area contributed by atoms with Crippen LogP contribution in [0.1, 0.15) is 30.7 Å². The van der Waals surface area contributed by atoms with Gasteiger partial charge in [0.1, 0.15) is 0 Å². The first-order valence-electron chi connectivity index (χ1n) is 7.00. The highest BCUT2D eigenvalue weighted by Gasteiger charge is 2.39. The van der Waals surface area contributed by atoms with Crippen molar-refractivity contribution in [3.05, 3.63) is 35.9 Å². The van der Waals surface area contributed by atoms with Crippen molar-refractivity contribution in [2.45, 2.75) is 31.2 Å². The third-order valence-electron chi connectivity index (χ3n) is 3.44. The molecule has 0 aliphatic heterocycles. The fourth-order valence-corrected chi connectivity index (χ4v) is 2.24. The van der Waals surface area contributed by atoms with Crippen LogP contribution in [-0.4, -0.2) is 30.9 Å². The van der Waals surface area contributed by atoms with Crippen LogP contribution in [0.2, 0.25) is 0 Å². The first-order valence-corrected chi connectivity index (χ1v) is 7.00. The van der Waals surface area contributed by atoms with Gasteiger partial charge in [0, 0.05) is 37.9 Å². The Morgan fingerprint density at radius 2 is 1.85 bits per heavy atom. The molecule has 2 rings (SSSR count). The molecule has 0 unspecified atom stereocenters. The Bertz CT molecular complexity index is 461. The van der Waals surface area contributed by atoms with Crippen molar-refractivity contribution < 1.29 is 9.59 Å². The Kier molecular flexibility index (Phi) is 5.12. The minimum absolute atomic E-state index is 0.0556. The number of carbonyl (C=O) groups excluding carboxylic acids is 2. The number of benzene rings is 1. The summed E-state index contributed by atoms with van der Waals surface area (Å²) in [7, 11) is 0. The fourth-order valence-electron chi connectivity index (χ4n) is 2.24. The van der Waals surface area contributed by atoms with Gasteiger partial charge in [-0.3, -0.25) is 9.59 Å². The zero-order valence-electron chi connectivity index (χ0n) is 11.5. The maximum atomic E-state index is 11.7. The molecular formula is C15H21N3O2. The van der Waals surface area contributed by atoms with Crippen LogP contribution in [0.4, 0.5) is 0 Å². The molecule has 20 heavy (non-hydrogen) atoms. The van der Waals surface area contributed by atoms with E-state index in [1.807, 2.05) is 18.2 Å². The van der Waals surface area contributed by atoms with Crippen LogP contribution in [0.5, 0.6) is 0 Å². The average molecular weight is 275 g/mol. The van der Waals surface area contributed by atoms with Gasteiger partial charge in [0.05, 0.1) is 0 Å². The lowest BCUT2D eigenvalue weighted by Crippen LogP contribution is -2.31. The van der Waals surface area contributed by atoms with Gasteiger partial charge in [-0.05, 0) is 12.0 Å². The molecule has 1 aromatic rings. The maximum Gasteiger partial charge on any atom is 0.221 e. The van der Waals surface area contributed by atoms with Crippen LogP contribution < -0.4 is 16.4 Å². The van der Waals surface area contributed by atoms with E-state index in [2.05, 4.69) is 22.8 Å². The average Bonchev–Trinajstić information content (AvgIpc) is 3.18. The van der Waals surface area contributed by atoms with Gasteiger partial charge in [-0.25, -0.2) is 0 Å². The molecule has 0 spiro atoms. The molecule has 1 fully saturated rings. The predicted molar refractivity (Wildman–Crippen MR) is 77.0 cm³/mol. The summed E-state index contributed by atoms with van der Waals surface area (Å²) in [4.78, 5) is 22.2. The maximum absolute atomic E-state index is 11.7. The predicted octanol–water partition coefficient (Wildman–Crippen LogP) is 0.514. The van der Waals surface area contributed by atoms with E-state index in [0.29, 0.717) is 31.8 Å². The molecule has 2 atom stereocenters. The summed E-state index contributed by atoms with van der Waals surface area (Å²) in [5.74, 6) is 0.189. The highest BCUT2D eigenvalue weighted by Crippen LogP contribution is 2.40. The Hall–Kier alpha value is -1.88. The van der Waals surface area contributed by atoms with E-state index >= 15 is 0 Å². The number of nitrogens with one attached hydrogen (secondary N) is 2. The van der Waals surface area contributed by atoms with Gasteiger partial charge in [-0.1, -0.05) is 30.3 Å². The lowest BCUT2D eigenvalue weighted by Gasteiger charge is -2.06. The van der Waals surface area contributed by atoms with Gasteiger partial charge in [-0.2, -0.15) is 0 Å². The molecule has 0 radical (unpaired) electrons. The largest absolute Gasteiger partial charge is 0.370 e. The first kappa shape index (κ1) is 14.5. The minimum Gasteiger partial charge on any atom is -0.370 e. The van der Waals surface area contributed by atoms with Gasteiger partial charge >= 0.3 is 0 Å². The zero-order chi connectivity index (χ0) is 14.4. The number of amides is 2. The molecule has 1 aliphatic rings. The first-order chi connectivity index (χ1) is 9.66. The number of nitrogens with two attached hydrogens (primary N) is 1. The van der Waals surface area contributed by atoms with Crippen LogP contribution in [0.3, 0.4) is 0 Å². The van der Waals surface area contributed by atoms with Crippen molar-refractivity contribution in [3.8, 4) is 0 Å². The van der Waals surface area contributed by atoms with Gasteiger partial charge in [-0.15, -0.1) is 0 Å². The van der Waals surface area contributed by atoms with Crippen molar-refractivity contribution in [3.63, 3.8) is 0 Å². The highest BCUT2D eigenvalue weighted by molar-refractivity contribution is 5.77. The Balaban J connectivity index is 1.59. The highest BCUT2D eigenvalue weighted by atomic mass is 16.2. The summed E-state index contributed by atoms with van der Waals surface area (Å²) < 4.78 is 0. The lowest BCUT2D eigenvalue weighted by atomic mass is 10.1. The number of rotatable bonds is 8. The molecule has 0 heterocycles. The molecule has 0 saturated heterocycles. The molecule has 1 aliphatic carbocycles. The van der Waals surface area contributed by atoms with E-state index in [4.69, 9.17) is 5.73 Å². The Morgan fingerprint density at radius 3 is 2.55 bits per heavy atom. The van der Waals surface area contributed by atoms with E-state index in [-0.39, 0.29) is 17.9 Å². The molecule has 1 saturated carbocycles. The number of carbonyl (C=O) groups is 2. The summed E-state index contributed by atoms with van der Waals surface area (Å²) in [6, 6.07) is 10.5. The zero-order valence-corrected chi connectivity index (χ0v) is 11.5. The van der Waals surface area contributed by atoms with Crippen molar-refractivity contribution in [2.75, 3.05) is 13.1 Å². The third-order valence-corrected chi connectivity index (χ3v) is 3.44. The quantitative estimate of drug-likeness (QED) is 0.605. The normalized spacial score (nSPS) is 20.4.